The molecule has 0 amide bonds. The van der Waals surface area contributed by atoms with Crippen LogP contribution >= 0.6 is 0 Å². The van der Waals surface area contributed by atoms with Crippen LogP contribution in [0.1, 0.15) is 24.3 Å². The molecule has 2 aromatic heterocycles. The minimum absolute atomic E-state index is 0.399. The number of nitrogens with zero attached hydrogens (tertiary/aromatic N) is 4. The van der Waals surface area contributed by atoms with E-state index < -0.39 is 5.82 Å². The molecule has 2 aromatic rings. The van der Waals surface area contributed by atoms with Gasteiger partial charge in [0.2, 0.25) is 5.95 Å². The van der Waals surface area contributed by atoms with Crippen LogP contribution in [0.4, 0.5) is 10.3 Å². The van der Waals surface area contributed by atoms with E-state index in [4.69, 9.17) is 0 Å². The average molecular weight is 258 g/mol. The van der Waals surface area contributed by atoms with Gasteiger partial charge in [-0.2, -0.15) is 0 Å². The van der Waals surface area contributed by atoms with Gasteiger partial charge in [0, 0.05) is 31.4 Å². The van der Waals surface area contributed by atoms with Gasteiger partial charge >= 0.3 is 0 Å². The first-order valence-corrected chi connectivity index (χ1v) is 6.45. The second kappa shape index (κ2) is 5.30. The van der Waals surface area contributed by atoms with Crippen LogP contribution in [0.25, 0.3) is 0 Å². The van der Waals surface area contributed by atoms with Crippen LogP contribution in [0.15, 0.2) is 36.9 Å². The quantitative estimate of drug-likeness (QED) is 0.829. The normalized spacial score (nSPS) is 19.4. The number of pyridine rings is 1. The molecule has 0 spiro atoms. The lowest BCUT2D eigenvalue weighted by molar-refractivity contribution is 0.501. The molecule has 0 aliphatic carbocycles. The summed E-state index contributed by atoms with van der Waals surface area (Å²) in [5.41, 5.74) is 1.24. The van der Waals surface area contributed by atoms with E-state index in [1.165, 1.54) is 18.0 Å². The van der Waals surface area contributed by atoms with Crippen molar-refractivity contribution >= 4 is 5.95 Å². The van der Waals surface area contributed by atoms with Gasteiger partial charge in [-0.05, 0) is 24.5 Å². The van der Waals surface area contributed by atoms with Crippen LogP contribution in [0.5, 0.6) is 0 Å². The Kier molecular flexibility index (Phi) is 3.35. The standard InChI is InChI=1S/C14H15FN4/c15-13-8-17-14(18-9-13)19-6-2-4-12(10-19)11-3-1-5-16-7-11/h1,3,5,7-9,12H,2,4,6,10H2. The Bertz CT molecular complexity index is 529. The van der Waals surface area contributed by atoms with Crippen LogP contribution in [0.3, 0.4) is 0 Å². The molecule has 98 valence electrons. The van der Waals surface area contributed by atoms with Gasteiger partial charge in [0.05, 0.1) is 12.4 Å². The summed E-state index contributed by atoms with van der Waals surface area (Å²) in [5, 5.41) is 0. The van der Waals surface area contributed by atoms with Gasteiger partial charge in [-0.3, -0.25) is 4.98 Å². The lowest BCUT2D eigenvalue weighted by atomic mass is 9.92. The Labute approximate surface area is 111 Å². The summed E-state index contributed by atoms with van der Waals surface area (Å²) in [7, 11) is 0. The van der Waals surface area contributed by atoms with Gasteiger partial charge in [-0.1, -0.05) is 6.07 Å². The molecule has 4 nitrogen and oxygen atoms in total. The average Bonchev–Trinajstić information content (AvgIpc) is 2.49. The minimum atomic E-state index is -0.399. The fraction of sp³-hybridized carbons (Fsp3) is 0.357. The molecule has 1 aliphatic heterocycles. The Balaban J connectivity index is 1.76. The van der Waals surface area contributed by atoms with E-state index in [0.29, 0.717) is 11.9 Å². The number of anilines is 1. The van der Waals surface area contributed by atoms with E-state index in [1.807, 2.05) is 12.3 Å². The molecule has 1 unspecified atom stereocenters. The lowest BCUT2D eigenvalue weighted by Crippen LogP contribution is -2.35. The molecule has 5 heteroatoms. The first-order valence-electron chi connectivity index (χ1n) is 6.45. The highest BCUT2D eigenvalue weighted by atomic mass is 19.1. The molecule has 3 heterocycles. The van der Waals surface area contributed by atoms with Crippen molar-refractivity contribution in [3.8, 4) is 0 Å². The van der Waals surface area contributed by atoms with Crippen LogP contribution < -0.4 is 4.90 Å². The summed E-state index contributed by atoms with van der Waals surface area (Å²) in [4.78, 5) is 14.4. The van der Waals surface area contributed by atoms with Gasteiger partial charge in [-0.15, -0.1) is 0 Å². The van der Waals surface area contributed by atoms with Gasteiger partial charge in [0.15, 0.2) is 5.82 Å². The fourth-order valence-corrected chi connectivity index (χ4v) is 2.52. The molecule has 1 atom stereocenters. The Morgan fingerprint density at radius 1 is 1.21 bits per heavy atom. The third kappa shape index (κ3) is 2.70. The topological polar surface area (TPSA) is 41.9 Å². The zero-order valence-corrected chi connectivity index (χ0v) is 10.5. The number of aromatic nitrogens is 3. The molecule has 1 saturated heterocycles. The zero-order chi connectivity index (χ0) is 13.1. The molecule has 3 rings (SSSR count). The number of piperidine rings is 1. The second-order valence-electron chi connectivity index (χ2n) is 4.77. The predicted octanol–water partition coefficient (Wildman–Crippen LogP) is 2.39. The molecule has 0 saturated carbocycles. The van der Waals surface area contributed by atoms with E-state index in [2.05, 4.69) is 25.9 Å². The van der Waals surface area contributed by atoms with Crippen LogP contribution in [0, 0.1) is 5.82 Å². The van der Waals surface area contributed by atoms with E-state index in [-0.39, 0.29) is 0 Å². The molecule has 0 radical (unpaired) electrons. The number of hydrogen-bond acceptors (Lipinski definition) is 4. The lowest BCUT2D eigenvalue weighted by Gasteiger charge is -2.32. The molecule has 0 N–H and O–H groups in total. The zero-order valence-electron chi connectivity index (χ0n) is 10.5. The largest absolute Gasteiger partial charge is 0.340 e. The van der Waals surface area contributed by atoms with E-state index in [0.717, 1.165) is 25.9 Å². The summed E-state index contributed by atoms with van der Waals surface area (Å²) in [6.45, 7) is 1.78. The summed E-state index contributed by atoms with van der Waals surface area (Å²) in [5.74, 6) is 0.649. The van der Waals surface area contributed by atoms with E-state index in [1.54, 1.807) is 6.20 Å². The van der Waals surface area contributed by atoms with Crippen LogP contribution in [-0.4, -0.2) is 28.0 Å². The third-order valence-electron chi connectivity index (χ3n) is 3.47. The third-order valence-corrected chi connectivity index (χ3v) is 3.47. The van der Waals surface area contributed by atoms with Crippen molar-refractivity contribution in [3.63, 3.8) is 0 Å². The van der Waals surface area contributed by atoms with Crippen molar-refractivity contribution in [2.75, 3.05) is 18.0 Å². The monoisotopic (exact) mass is 258 g/mol. The molecule has 1 fully saturated rings. The van der Waals surface area contributed by atoms with Crippen molar-refractivity contribution in [1.29, 1.82) is 0 Å². The first kappa shape index (κ1) is 12.0. The highest BCUT2D eigenvalue weighted by Crippen LogP contribution is 2.27. The first-order chi connectivity index (χ1) is 9.33. The maximum Gasteiger partial charge on any atom is 0.225 e. The Morgan fingerprint density at radius 3 is 2.79 bits per heavy atom. The highest BCUT2D eigenvalue weighted by Gasteiger charge is 2.23. The molecule has 19 heavy (non-hydrogen) atoms. The molecule has 0 bridgehead atoms. The number of rotatable bonds is 2. The molecule has 1 aliphatic rings. The van der Waals surface area contributed by atoms with Crippen molar-refractivity contribution in [1.82, 2.24) is 15.0 Å². The smallest absolute Gasteiger partial charge is 0.225 e. The predicted molar refractivity (Wildman–Crippen MR) is 70.4 cm³/mol. The van der Waals surface area contributed by atoms with Crippen LogP contribution in [-0.2, 0) is 0 Å². The summed E-state index contributed by atoms with van der Waals surface area (Å²) in [6, 6.07) is 4.06. The Morgan fingerprint density at radius 2 is 2.05 bits per heavy atom. The molecular formula is C14H15FN4. The maximum atomic E-state index is 12.8. The molecule has 0 aromatic carbocycles. The second-order valence-corrected chi connectivity index (χ2v) is 4.77. The number of halogens is 1. The van der Waals surface area contributed by atoms with Crippen molar-refractivity contribution < 1.29 is 4.39 Å². The summed E-state index contributed by atoms with van der Waals surface area (Å²) in [6.07, 6.45) is 8.36. The minimum Gasteiger partial charge on any atom is -0.340 e. The van der Waals surface area contributed by atoms with Gasteiger partial charge < -0.3 is 4.90 Å². The van der Waals surface area contributed by atoms with Crippen molar-refractivity contribution in [3.05, 3.63) is 48.3 Å². The highest BCUT2D eigenvalue weighted by molar-refractivity contribution is 5.32. The number of hydrogen-bond donors (Lipinski definition) is 0. The van der Waals surface area contributed by atoms with Crippen molar-refractivity contribution in [2.24, 2.45) is 0 Å². The van der Waals surface area contributed by atoms with Gasteiger partial charge in [-0.25, -0.2) is 14.4 Å². The maximum absolute atomic E-state index is 12.8. The van der Waals surface area contributed by atoms with Crippen LogP contribution in [0.2, 0.25) is 0 Å². The van der Waals surface area contributed by atoms with E-state index in [9.17, 15) is 4.39 Å². The Hall–Kier alpha value is -2.04. The summed E-state index contributed by atoms with van der Waals surface area (Å²) < 4.78 is 12.8. The van der Waals surface area contributed by atoms with Gasteiger partial charge in [0.25, 0.3) is 0 Å². The SMILES string of the molecule is Fc1cnc(N2CCCC(c3cccnc3)C2)nc1. The fourth-order valence-electron chi connectivity index (χ4n) is 2.52. The summed E-state index contributed by atoms with van der Waals surface area (Å²) >= 11 is 0. The molecular weight excluding hydrogens is 243 g/mol. The van der Waals surface area contributed by atoms with E-state index >= 15 is 0 Å². The van der Waals surface area contributed by atoms with Crippen molar-refractivity contribution in [2.45, 2.75) is 18.8 Å². The van der Waals surface area contributed by atoms with Gasteiger partial charge in [0.1, 0.15) is 0 Å².